The van der Waals surface area contributed by atoms with Crippen molar-refractivity contribution in [3.8, 4) is 0 Å². The van der Waals surface area contributed by atoms with Crippen LogP contribution in [0.25, 0.3) is 0 Å². The number of aryl methyl sites for hydroxylation is 1. The largest absolute Gasteiger partial charge is 0.365 e. The lowest BCUT2D eigenvalue weighted by Gasteiger charge is -2.09. The number of carbonyl (C=O) groups is 1. The van der Waals surface area contributed by atoms with E-state index in [-0.39, 0.29) is 0 Å². The van der Waals surface area contributed by atoms with Crippen molar-refractivity contribution in [2.45, 2.75) is 6.92 Å². The molecule has 4 heteroatoms. The van der Waals surface area contributed by atoms with Gasteiger partial charge >= 0.3 is 0 Å². The molecule has 3 N–H and O–H groups in total. The number of pyridine rings is 1. The Labute approximate surface area is 99.5 Å². The molecule has 1 aromatic carbocycles. The summed E-state index contributed by atoms with van der Waals surface area (Å²) in [5.74, 6) is -0.000342. The van der Waals surface area contributed by atoms with Gasteiger partial charge in [0.15, 0.2) is 0 Å². The van der Waals surface area contributed by atoms with E-state index in [0.717, 1.165) is 11.4 Å². The molecule has 0 atom stereocenters. The number of nitrogens with zero attached hydrogens (tertiary/aromatic N) is 1. The summed E-state index contributed by atoms with van der Waals surface area (Å²) in [7, 11) is 0. The number of hydrogen-bond donors (Lipinski definition) is 2. The molecule has 17 heavy (non-hydrogen) atoms. The van der Waals surface area contributed by atoms with Crippen LogP contribution in [0.5, 0.6) is 0 Å². The zero-order valence-corrected chi connectivity index (χ0v) is 9.47. The van der Waals surface area contributed by atoms with Gasteiger partial charge in [0.2, 0.25) is 0 Å². The minimum Gasteiger partial charge on any atom is -0.365 e. The number of benzene rings is 1. The normalized spacial score (nSPS) is 9.94. The molecule has 0 saturated heterocycles. The Morgan fingerprint density at radius 2 is 1.88 bits per heavy atom. The average molecular weight is 227 g/mol. The van der Waals surface area contributed by atoms with Crippen LogP contribution >= 0.6 is 0 Å². The minimum absolute atomic E-state index is 0.388. The molecule has 0 radical (unpaired) electrons. The van der Waals surface area contributed by atoms with E-state index >= 15 is 0 Å². The van der Waals surface area contributed by atoms with Crippen molar-refractivity contribution in [3.63, 3.8) is 0 Å². The number of para-hydroxylation sites is 1. The number of amides is 1. The van der Waals surface area contributed by atoms with E-state index in [0.29, 0.717) is 11.4 Å². The van der Waals surface area contributed by atoms with E-state index in [1.54, 1.807) is 12.1 Å². The van der Waals surface area contributed by atoms with Crippen LogP contribution in [0, 0.1) is 6.92 Å². The first kappa shape index (κ1) is 11.1. The number of anilines is 2. The molecule has 0 spiro atoms. The Morgan fingerprint density at radius 1 is 1.18 bits per heavy atom. The smallest absolute Gasteiger partial charge is 0.252 e. The fraction of sp³-hybridized carbons (Fsp3) is 0.0769. The maximum absolute atomic E-state index is 11.3. The molecule has 0 aliphatic carbocycles. The molecule has 86 valence electrons. The topological polar surface area (TPSA) is 68.0 Å². The second kappa shape index (κ2) is 4.65. The molecule has 0 saturated carbocycles. The number of carbonyl (C=O) groups excluding carboxylic acids is 1. The van der Waals surface area contributed by atoms with Crippen molar-refractivity contribution in [3.05, 3.63) is 53.7 Å². The van der Waals surface area contributed by atoms with Gasteiger partial charge in [-0.05, 0) is 31.2 Å². The van der Waals surface area contributed by atoms with Crippen LogP contribution in [0.2, 0.25) is 0 Å². The van der Waals surface area contributed by atoms with Gasteiger partial charge in [0.1, 0.15) is 5.82 Å². The molecule has 0 bridgehead atoms. The van der Waals surface area contributed by atoms with Crippen LogP contribution in [0.3, 0.4) is 0 Å². The second-order valence-corrected chi connectivity index (χ2v) is 3.70. The Morgan fingerprint density at radius 3 is 2.53 bits per heavy atom. The van der Waals surface area contributed by atoms with Gasteiger partial charge in [0.05, 0.1) is 5.56 Å². The predicted molar refractivity (Wildman–Crippen MR) is 67.2 cm³/mol. The predicted octanol–water partition coefficient (Wildman–Crippen LogP) is 2.23. The number of rotatable bonds is 3. The van der Waals surface area contributed by atoms with E-state index in [9.17, 15) is 4.79 Å². The van der Waals surface area contributed by atoms with Crippen molar-refractivity contribution in [1.29, 1.82) is 0 Å². The third-order valence-electron chi connectivity index (χ3n) is 2.34. The first-order valence-corrected chi connectivity index (χ1v) is 5.26. The van der Waals surface area contributed by atoms with Crippen LogP contribution in [0.4, 0.5) is 11.5 Å². The molecule has 0 fully saturated rings. The quantitative estimate of drug-likeness (QED) is 0.844. The lowest BCUT2D eigenvalue weighted by molar-refractivity contribution is 0.100. The molecule has 2 rings (SSSR count). The average Bonchev–Trinajstić information content (AvgIpc) is 2.30. The number of hydrogen-bond acceptors (Lipinski definition) is 3. The molecule has 2 aromatic rings. The van der Waals surface area contributed by atoms with E-state index in [1.807, 2.05) is 37.3 Å². The Bertz CT molecular complexity index is 538. The fourth-order valence-corrected chi connectivity index (χ4v) is 1.51. The van der Waals surface area contributed by atoms with Gasteiger partial charge < -0.3 is 11.1 Å². The first-order chi connectivity index (χ1) is 8.16. The van der Waals surface area contributed by atoms with Crippen LogP contribution in [-0.2, 0) is 0 Å². The number of nitrogens with one attached hydrogen (secondary N) is 1. The highest BCUT2D eigenvalue weighted by atomic mass is 16.1. The third kappa shape index (κ3) is 2.60. The third-order valence-corrected chi connectivity index (χ3v) is 2.34. The Balaban J connectivity index is 2.37. The van der Waals surface area contributed by atoms with Crippen molar-refractivity contribution in [2.24, 2.45) is 5.73 Å². The van der Waals surface area contributed by atoms with Crippen LogP contribution in [0.1, 0.15) is 16.1 Å². The van der Waals surface area contributed by atoms with Crippen LogP contribution in [-0.4, -0.2) is 10.9 Å². The SMILES string of the molecule is Cc1ccc(C(N)=O)c(Nc2ccccc2)n1. The fourth-order valence-electron chi connectivity index (χ4n) is 1.51. The van der Waals surface area contributed by atoms with Gasteiger partial charge in [0.25, 0.3) is 5.91 Å². The zero-order valence-electron chi connectivity index (χ0n) is 9.47. The summed E-state index contributed by atoms with van der Waals surface area (Å²) >= 11 is 0. The van der Waals surface area contributed by atoms with Gasteiger partial charge in [-0.15, -0.1) is 0 Å². The zero-order chi connectivity index (χ0) is 12.3. The molecule has 1 amide bonds. The maximum Gasteiger partial charge on any atom is 0.252 e. The summed E-state index contributed by atoms with van der Waals surface area (Å²) in [6, 6.07) is 13.0. The van der Waals surface area contributed by atoms with E-state index in [1.165, 1.54) is 0 Å². The monoisotopic (exact) mass is 227 g/mol. The van der Waals surface area contributed by atoms with Gasteiger partial charge in [0, 0.05) is 11.4 Å². The number of aromatic nitrogens is 1. The van der Waals surface area contributed by atoms with E-state index < -0.39 is 5.91 Å². The summed E-state index contributed by atoms with van der Waals surface area (Å²) < 4.78 is 0. The van der Waals surface area contributed by atoms with E-state index in [4.69, 9.17) is 5.73 Å². The molecule has 1 aromatic heterocycles. The summed E-state index contributed by atoms with van der Waals surface area (Å²) in [6.45, 7) is 1.86. The summed E-state index contributed by atoms with van der Waals surface area (Å²) in [6.07, 6.45) is 0. The van der Waals surface area contributed by atoms with Crippen molar-refractivity contribution in [2.75, 3.05) is 5.32 Å². The van der Waals surface area contributed by atoms with E-state index in [2.05, 4.69) is 10.3 Å². The van der Waals surface area contributed by atoms with Gasteiger partial charge in [-0.1, -0.05) is 18.2 Å². The highest BCUT2D eigenvalue weighted by Gasteiger charge is 2.09. The Kier molecular flexibility index (Phi) is 3.05. The van der Waals surface area contributed by atoms with Crippen LogP contribution < -0.4 is 11.1 Å². The first-order valence-electron chi connectivity index (χ1n) is 5.26. The molecule has 0 unspecified atom stereocenters. The maximum atomic E-state index is 11.3. The molecule has 4 nitrogen and oxygen atoms in total. The highest BCUT2D eigenvalue weighted by molar-refractivity contribution is 5.98. The van der Waals surface area contributed by atoms with Gasteiger partial charge in [-0.3, -0.25) is 4.79 Å². The molecular weight excluding hydrogens is 214 g/mol. The number of primary amides is 1. The second-order valence-electron chi connectivity index (χ2n) is 3.70. The number of nitrogens with two attached hydrogens (primary N) is 1. The van der Waals surface area contributed by atoms with Gasteiger partial charge in [-0.2, -0.15) is 0 Å². The Hall–Kier alpha value is -2.36. The molecule has 0 aliphatic rings. The lowest BCUT2D eigenvalue weighted by Crippen LogP contribution is -2.14. The van der Waals surface area contributed by atoms with Gasteiger partial charge in [-0.25, -0.2) is 4.98 Å². The summed E-state index contributed by atoms with van der Waals surface area (Å²) in [5.41, 5.74) is 7.38. The van der Waals surface area contributed by atoms with Crippen molar-refractivity contribution >= 4 is 17.4 Å². The standard InChI is InChI=1S/C13H13N3O/c1-9-7-8-11(12(14)17)13(15-9)16-10-5-3-2-4-6-10/h2-8H,1H3,(H2,14,17)(H,15,16). The van der Waals surface area contributed by atoms with Crippen molar-refractivity contribution < 1.29 is 4.79 Å². The molecule has 0 aliphatic heterocycles. The molecular formula is C13H13N3O. The van der Waals surface area contributed by atoms with Crippen molar-refractivity contribution in [1.82, 2.24) is 4.98 Å². The minimum atomic E-state index is -0.490. The highest BCUT2D eigenvalue weighted by Crippen LogP contribution is 2.18. The summed E-state index contributed by atoms with van der Waals surface area (Å²) in [5, 5.41) is 3.08. The molecule has 1 heterocycles. The van der Waals surface area contributed by atoms with Crippen LogP contribution in [0.15, 0.2) is 42.5 Å². The summed E-state index contributed by atoms with van der Waals surface area (Å²) in [4.78, 5) is 15.5. The lowest BCUT2D eigenvalue weighted by atomic mass is 10.2.